The molecule has 2 nitrogen and oxygen atoms in total. The summed E-state index contributed by atoms with van der Waals surface area (Å²) in [6.45, 7) is 8.60. The average molecular weight is 184 g/mol. The lowest BCUT2D eigenvalue weighted by molar-refractivity contribution is 0.0228. The first-order chi connectivity index (χ1) is 5.66. The van der Waals surface area contributed by atoms with E-state index >= 15 is 0 Å². The van der Waals surface area contributed by atoms with Gasteiger partial charge in [0.25, 0.3) is 0 Å². The molecule has 1 aliphatic rings. The first-order valence-corrected chi connectivity index (χ1v) is 4.79. The van der Waals surface area contributed by atoms with Gasteiger partial charge in [-0.15, -0.1) is 0 Å². The van der Waals surface area contributed by atoms with Gasteiger partial charge in [-0.2, -0.15) is 0 Å². The molecule has 0 aromatic carbocycles. The minimum Gasteiger partial charge on any atom is -0.368 e. The quantitative estimate of drug-likeness (QED) is 0.378. The maximum Gasteiger partial charge on any atom is 0.203 e. The fourth-order valence-corrected chi connectivity index (χ4v) is 1.58. The van der Waals surface area contributed by atoms with Crippen LogP contribution in [0.2, 0.25) is 0 Å². The largest absolute Gasteiger partial charge is 0.368 e. The van der Waals surface area contributed by atoms with E-state index in [9.17, 15) is 0 Å². The van der Waals surface area contributed by atoms with Crippen molar-refractivity contribution in [2.45, 2.75) is 26.1 Å². The lowest BCUT2D eigenvalue weighted by Crippen LogP contribution is -2.19. The van der Waals surface area contributed by atoms with E-state index in [2.05, 4.69) is 13.5 Å². The summed E-state index contributed by atoms with van der Waals surface area (Å²) < 4.78 is 10.6. The van der Waals surface area contributed by atoms with Crippen LogP contribution in [-0.4, -0.2) is 25.9 Å². The number of hydrogen-bond donors (Lipinski definition) is 0. The Hall–Kier alpha value is 0.0749. The molecule has 0 bridgehead atoms. The molecule has 2 radical (unpaired) electrons. The Morgan fingerprint density at radius 2 is 2.33 bits per heavy atom. The van der Waals surface area contributed by atoms with Crippen molar-refractivity contribution in [3.8, 4) is 0 Å². The zero-order valence-electron chi connectivity index (χ0n) is 7.45. The smallest absolute Gasteiger partial charge is 0.203 e. The maximum atomic E-state index is 5.59. The van der Waals surface area contributed by atoms with Crippen molar-refractivity contribution < 1.29 is 8.92 Å². The summed E-state index contributed by atoms with van der Waals surface area (Å²) in [5, 5.41) is 0. The van der Waals surface area contributed by atoms with E-state index in [0.29, 0.717) is 12.5 Å². The second-order valence-electron chi connectivity index (χ2n) is 3.06. The number of hydrogen-bond acceptors (Lipinski definition) is 3. The number of rotatable bonds is 3. The van der Waals surface area contributed by atoms with Crippen molar-refractivity contribution >= 4 is 19.0 Å². The molecule has 0 aromatic rings. The molecule has 1 rings (SSSR count). The minimum atomic E-state index is 0.114. The summed E-state index contributed by atoms with van der Waals surface area (Å²) in [5.41, 5.74) is 1.14. The highest BCUT2D eigenvalue weighted by atomic mass is 32.2. The zero-order chi connectivity index (χ0) is 9.14. The van der Waals surface area contributed by atoms with Gasteiger partial charge in [0, 0.05) is 5.92 Å². The third-order valence-electron chi connectivity index (χ3n) is 2.34. The molecule has 0 N–H and O–H groups in total. The Bertz CT molecular complexity index is 174. The first kappa shape index (κ1) is 10.2. The molecule has 0 saturated carbocycles. The summed E-state index contributed by atoms with van der Waals surface area (Å²) in [6.07, 6.45) is 0.264. The van der Waals surface area contributed by atoms with E-state index in [-0.39, 0.29) is 12.2 Å². The van der Waals surface area contributed by atoms with Crippen LogP contribution in [-0.2, 0) is 8.92 Å². The molecular formula is C8H13BO2S. The van der Waals surface area contributed by atoms with Crippen LogP contribution >= 0.6 is 11.9 Å². The molecule has 1 aliphatic heterocycles. The van der Waals surface area contributed by atoms with Crippen LogP contribution in [0.5, 0.6) is 0 Å². The van der Waals surface area contributed by atoms with E-state index in [4.69, 9.17) is 16.0 Å². The van der Waals surface area contributed by atoms with Gasteiger partial charge in [-0.05, 0) is 12.5 Å². The Morgan fingerprint density at radius 1 is 1.67 bits per heavy atom. The normalized spacial score (nSPS) is 35.8. The molecular weight excluding hydrogens is 171 g/mol. The standard InChI is InChI=1S/C8H13BO2S/c1-5-6(2)8(4-10-12-9)11-7(5)3/h6-8H,1,4H2,2-3H3. The summed E-state index contributed by atoms with van der Waals surface area (Å²) in [6, 6.07) is 0. The average Bonchev–Trinajstić information content (AvgIpc) is 2.30. The Kier molecular flexibility index (Phi) is 3.68. The van der Waals surface area contributed by atoms with Crippen molar-refractivity contribution in [3.05, 3.63) is 12.2 Å². The highest BCUT2D eigenvalue weighted by Gasteiger charge is 2.32. The maximum absolute atomic E-state index is 5.59. The fourth-order valence-electron chi connectivity index (χ4n) is 1.37. The minimum absolute atomic E-state index is 0.114. The summed E-state index contributed by atoms with van der Waals surface area (Å²) >= 11 is 0.883. The molecule has 4 heteroatoms. The molecule has 0 amide bonds. The highest BCUT2D eigenvalue weighted by molar-refractivity contribution is 8.15. The van der Waals surface area contributed by atoms with Gasteiger partial charge in [-0.1, -0.05) is 25.4 Å². The van der Waals surface area contributed by atoms with Gasteiger partial charge in [0.2, 0.25) is 7.12 Å². The van der Waals surface area contributed by atoms with Gasteiger partial charge in [-0.25, -0.2) is 0 Å². The molecule has 3 atom stereocenters. The molecule has 0 spiro atoms. The van der Waals surface area contributed by atoms with Crippen molar-refractivity contribution in [1.82, 2.24) is 0 Å². The van der Waals surface area contributed by atoms with Gasteiger partial charge in [0.05, 0.1) is 18.8 Å². The van der Waals surface area contributed by atoms with Gasteiger partial charge in [0.15, 0.2) is 0 Å². The van der Waals surface area contributed by atoms with Crippen molar-refractivity contribution in [2.75, 3.05) is 6.61 Å². The van der Waals surface area contributed by atoms with Crippen molar-refractivity contribution in [3.63, 3.8) is 0 Å². The third kappa shape index (κ3) is 2.06. The second kappa shape index (κ2) is 4.35. The lowest BCUT2D eigenvalue weighted by Gasteiger charge is -2.13. The summed E-state index contributed by atoms with van der Waals surface area (Å²) in [7, 11) is 5.14. The highest BCUT2D eigenvalue weighted by Crippen LogP contribution is 2.30. The van der Waals surface area contributed by atoms with Gasteiger partial charge in [0.1, 0.15) is 0 Å². The van der Waals surface area contributed by atoms with Crippen LogP contribution in [0.3, 0.4) is 0 Å². The van der Waals surface area contributed by atoms with Gasteiger partial charge in [-0.3, -0.25) is 0 Å². The van der Waals surface area contributed by atoms with Crippen LogP contribution in [0.25, 0.3) is 0 Å². The molecule has 0 aromatic heterocycles. The SMILES string of the molecule is [B]SOCC1OC(C)C(=C)C1C. The molecule has 1 saturated heterocycles. The molecule has 1 fully saturated rings. The Labute approximate surface area is 79.2 Å². The molecule has 3 unspecified atom stereocenters. The number of ether oxygens (including phenoxy) is 1. The van der Waals surface area contributed by atoms with Crippen LogP contribution < -0.4 is 0 Å². The van der Waals surface area contributed by atoms with E-state index in [1.807, 2.05) is 6.92 Å². The molecule has 0 aliphatic carbocycles. The van der Waals surface area contributed by atoms with E-state index in [1.54, 1.807) is 0 Å². The molecule has 1 heterocycles. The lowest BCUT2D eigenvalue weighted by atomic mass is 9.98. The monoisotopic (exact) mass is 184 g/mol. The van der Waals surface area contributed by atoms with Gasteiger partial charge >= 0.3 is 0 Å². The molecule has 12 heavy (non-hydrogen) atoms. The second-order valence-corrected chi connectivity index (χ2v) is 3.49. The summed E-state index contributed by atoms with van der Waals surface area (Å²) in [4.78, 5) is 0. The Morgan fingerprint density at radius 3 is 2.75 bits per heavy atom. The van der Waals surface area contributed by atoms with E-state index < -0.39 is 0 Å². The van der Waals surface area contributed by atoms with Crippen molar-refractivity contribution in [2.24, 2.45) is 5.92 Å². The van der Waals surface area contributed by atoms with Crippen LogP contribution in [0, 0.1) is 5.92 Å². The predicted molar refractivity (Wildman–Crippen MR) is 51.9 cm³/mol. The van der Waals surface area contributed by atoms with Crippen molar-refractivity contribution in [1.29, 1.82) is 0 Å². The molecule has 66 valence electrons. The third-order valence-corrected chi connectivity index (χ3v) is 2.62. The Balaban J connectivity index is 2.42. The summed E-state index contributed by atoms with van der Waals surface area (Å²) in [5.74, 6) is 0.368. The fraction of sp³-hybridized carbons (Fsp3) is 0.750. The zero-order valence-corrected chi connectivity index (χ0v) is 8.26. The van der Waals surface area contributed by atoms with Crippen LogP contribution in [0.15, 0.2) is 12.2 Å². The van der Waals surface area contributed by atoms with Crippen LogP contribution in [0.1, 0.15) is 13.8 Å². The van der Waals surface area contributed by atoms with E-state index in [0.717, 1.165) is 17.5 Å². The first-order valence-electron chi connectivity index (χ1n) is 3.99. The predicted octanol–water partition coefficient (Wildman–Crippen LogP) is 1.71. The van der Waals surface area contributed by atoms with Gasteiger partial charge < -0.3 is 8.92 Å². The van der Waals surface area contributed by atoms with E-state index in [1.165, 1.54) is 0 Å². The van der Waals surface area contributed by atoms with Crippen LogP contribution in [0.4, 0.5) is 0 Å². The topological polar surface area (TPSA) is 18.5 Å².